The Bertz CT molecular complexity index is 151. The van der Waals surface area contributed by atoms with Gasteiger partial charge in [0.2, 0.25) is 0 Å². The Hall–Kier alpha value is -0.610. The van der Waals surface area contributed by atoms with Crippen molar-refractivity contribution in [3.8, 4) is 0 Å². The Morgan fingerprint density at radius 1 is 1.20 bits per heavy atom. The van der Waals surface area contributed by atoms with Crippen LogP contribution >= 0.6 is 0 Å². The van der Waals surface area contributed by atoms with Crippen molar-refractivity contribution in [3.05, 3.63) is 0 Å². The second kappa shape index (κ2) is 11.5. The van der Waals surface area contributed by atoms with Crippen LogP contribution in [0.15, 0.2) is 0 Å². The summed E-state index contributed by atoms with van der Waals surface area (Å²) in [4.78, 5) is 11.1. The highest BCUT2D eigenvalue weighted by Crippen LogP contribution is 1.88. The van der Waals surface area contributed by atoms with E-state index in [1.54, 1.807) is 0 Å². The lowest BCUT2D eigenvalue weighted by Gasteiger charge is -2.05. The smallest absolute Gasteiger partial charge is 0.319 e. The lowest BCUT2D eigenvalue weighted by atomic mass is 10.4. The highest BCUT2D eigenvalue weighted by Gasteiger charge is 2.00. The first-order valence-electron chi connectivity index (χ1n) is 5.75. The number of ether oxygens (including phenoxy) is 2. The van der Waals surface area contributed by atoms with E-state index in [0.717, 1.165) is 39.0 Å². The van der Waals surface area contributed by atoms with Crippen molar-refractivity contribution in [2.24, 2.45) is 0 Å². The molecule has 4 heteroatoms. The topological polar surface area (TPSA) is 47.6 Å². The van der Waals surface area contributed by atoms with E-state index in [4.69, 9.17) is 9.47 Å². The average Bonchev–Trinajstić information content (AvgIpc) is 2.23. The molecule has 0 bridgehead atoms. The van der Waals surface area contributed by atoms with Crippen molar-refractivity contribution in [2.75, 3.05) is 32.9 Å². The molecule has 90 valence electrons. The molecule has 0 unspecified atom stereocenters. The van der Waals surface area contributed by atoms with Crippen LogP contribution in [-0.2, 0) is 14.3 Å². The van der Waals surface area contributed by atoms with Crippen molar-refractivity contribution in [3.63, 3.8) is 0 Å². The summed E-state index contributed by atoms with van der Waals surface area (Å²) in [6.07, 6.45) is 2.92. The van der Waals surface area contributed by atoms with Crippen LogP contribution in [0.25, 0.3) is 0 Å². The largest absolute Gasteiger partial charge is 0.465 e. The van der Waals surface area contributed by atoms with Crippen LogP contribution in [0.1, 0.15) is 33.1 Å². The summed E-state index contributed by atoms with van der Waals surface area (Å²) < 4.78 is 10.1. The molecule has 0 aromatic rings. The molecule has 0 aromatic carbocycles. The van der Waals surface area contributed by atoms with E-state index in [1.165, 1.54) is 0 Å². The zero-order chi connectivity index (χ0) is 11.4. The number of unbranched alkanes of at least 4 members (excludes halogenated alkanes) is 1. The number of nitrogens with one attached hydrogen (secondary N) is 1. The van der Waals surface area contributed by atoms with Gasteiger partial charge in [-0.3, -0.25) is 4.79 Å². The zero-order valence-electron chi connectivity index (χ0n) is 9.88. The van der Waals surface area contributed by atoms with E-state index in [1.807, 2.05) is 6.92 Å². The zero-order valence-corrected chi connectivity index (χ0v) is 9.88. The van der Waals surface area contributed by atoms with Gasteiger partial charge in [0.15, 0.2) is 0 Å². The first-order chi connectivity index (χ1) is 7.31. The second-order valence-electron chi connectivity index (χ2n) is 3.30. The summed E-state index contributed by atoms with van der Waals surface area (Å²) in [5, 5.41) is 3.02. The Kier molecular flexibility index (Phi) is 11.0. The maximum absolute atomic E-state index is 11.1. The first kappa shape index (κ1) is 14.4. The predicted octanol–water partition coefficient (Wildman–Crippen LogP) is 1.35. The third-order valence-corrected chi connectivity index (χ3v) is 1.88. The monoisotopic (exact) mass is 217 g/mol. The molecule has 0 spiro atoms. The molecule has 1 N–H and O–H groups in total. The minimum Gasteiger partial charge on any atom is -0.465 e. The van der Waals surface area contributed by atoms with E-state index in [9.17, 15) is 4.79 Å². The van der Waals surface area contributed by atoms with Gasteiger partial charge in [0.05, 0.1) is 13.2 Å². The molecular formula is C11H23NO3. The molecule has 0 heterocycles. The van der Waals surface area contributed by atoms with Gasteiger partial charge in [-0.1, -0.05) is 13.3 Å². The molecule has 0 aliphatic carbocycles. The van der Waals surface area contributed by atoms with Crippen molar-refractivity contribution in [1.29, 1.82) is 0 Å². The fourth-order valence-corrected chi connectivity index (χ4v) is 1.02. The quantitative estimate of drug-likeness (QED) is 0.443. The summed E-state index contributed by atoms with van der Waals surface area (Å²) in [7, 11) is 0. The number of hydrogen-bond donors (Lipinski definition) is 1. The van der Waals surface area contributed by atoms with Crippen molar-refractivity contribution in [1.82, 2.24) is 5.32 Å². The first-order valence-corrected chi connectivity index (χ1v) is 5.75. The van der Waals surface area contributed by atoms with Crippen LogP contribution in [0.2, 0.25) is 0 Å². The number of carbonyl (C=O) groups excluding carboxylic acids is 1. The van der Waals surface area contributed by atoms with Crippen LogP contribution in [0, 0.1) is 0 Å². The van der Waals surface area contributed by atoms with Gasteiger partial charge in [-0.05, 0) is 26.3 Å². The third kappa shape index (κ3) is 11.3. The van der Waals surface area contributed by atoms with Gasteiger partial charge in [-0.2, -0.15) is 0 Å². The van der Waals surface area contributed by atoms with Gasteiger partial charge >= 0.3 is 5.97 Å². The third-order valence-electron chi connectivity index (χ3n) is 1.88. The molecule has 0 fully saturated rings. The number of esters is 1. The van der Waals surface area contributed by atoms with Crippen LogP contribution in [-0.4, -0.2) is 38.9 Å². The highest BCUT2D eigenvalue weighted by atomic mass is 16.5. The van der Waals surface area contributed by atoms with Crippen LogP contribution in [0.4, 0.5) is 0 Å². The highest BCUT2D eigenvalue weighted by molar-refractivity contribution is 5.71. The van der Waals surface area contributed by atoms with Crippen molar-refractivity contribution >= 4 is 5.97 Å². The number of hydrogen-bond acceptors (Lipinski definition) is 4. The Morgan fingerprint density at radius 2 is 2.00 bits per heavy atom. The fourth-order valence-electron chi connectivity index (χ4n) is 1.02. The standard InChI is InChI=1S/C11H23NO3/c1-3-5-9-15-11(13)10-12-7-6-8-14-4-2/h12H,3-10H2,1-2H3. The lowest BCUT2D eigenvalue weighted by Crippen LogP contribution is -2.26. The summed E-state index contributed by atoms with van der Waals surface area (Å²) in [6, 6.07) is 0. The van der Waals surface area contributed by atoms with Crippen LogP contribution in [0.3, 0.4) is 0 Å². The maximum Gasteiger partial charge on any atom is 0.319 e. The number of rotatable bonds is 10. The summed E-state index contributed by atoms with van der Waals surface area (Å²) in [5.41, 5.74) is 0. The van der Waals surface area contributed by atoms with E-state index in [-0.39, 0.29) is 5.97 Å². The Morgan fingerprint density at radius 3 is 2.67 bits per heavy atom. The normalized spacial score (nSPS) is 10.3. The van der Waals surface area contributed by atoms with E-state index >= 15 is 0 Å². The molecule has 0 saturated heterocycles. The number of carbonyl (C=O) groups is 1. The molecule has 0 rings (SSSR count). The summed E-state index contributed by atoms with van der Waals surface area (Å²) in [5.74, 6) is -0.167. The molecule has 0 radical (unpaired) electrons. The predicted molar refractivity (Wildman–Crippen MR) is 59.8 cm³/mol. The summed E-state index contributed by atoms with van der Waals surface area (Å²) in [6.45, 7) is 7.17. The Balaban J connectivity index is 3.10. The molecule has 0 saturated carbocycles. The van der Waals surface area contributed by atoms with Crippen molar-refractivity contribution in [2.45, 2.75) is 33.1 Å². The minimum atomic E-state index is -0.167. The molecule has 0 aliphatic rings. The minimum absolute atomic E-state index is 0.167. The van der Waals surface area contributed by atoms with E-state index < -0.39 is 0 Å². The molecule has 4 nitrogen and oxygen atoms in total. The van der Waals surface area contributed by atoms with Gasteiger partial charge in [-0.15, -0.1) is 0 Å². The van der Waals surface area contributed by atoms with Crippen molar-refractivity contribution < 1.29 is 14.3 Å². The SMILES string of the molecule is CCCCOC(=O)CNCCCOCC. The fraction of sp³-hybridized carbons (Fsp3) is 0.909. The molecule has 0 atom stereocenters. The average molecular weight is 217 g/mol. The van der Waals surface area contributed by atoms with Gasteiger partial charge in [0.1, 0.15) is 0 Å². The maximum atomic E-state index is 11.1. The van der Waals surface area contributed by atoms with Crippen LogP contribution < -0.4 is 5.32 Å². The van der Waals surface area contributed by atoms with E-state index in [2.05, 4.69) is 12.2 Å². The summed E-state index contributed by atoms with van der Waals surface area (Å²) >= 11 is 0. The molecule has 0 amide bonds. The lowest BCUT2D eigenvalue weighted by molar-refractivity contribution is -0.142. The Labute approximate surface area is 92.3 Å². The van der Waals surface area contributed by atoms with Gasteiger partial charge < -0.3 is 14.8 Å². The molecule has 15 heavy (non-hydrogen) atoms. The second-order valence-corrected chi connectivity index (χ2v) is 3.30. The van der Waals surface area contributed by atoms with Gasteiger partial charge in [-0.25, -0.2) is 0 Å². The molecule has 0 aromatic heterocycles. The van der Waals surface area contributed by atoms with Gasteiger partial charge in [0.25, 0.3) is 0 Å². The van der Waals surface area contributed by atoms with Gasteiger partial charge in [0, 0.05) is 13.2 Å². The molecule has 0 aliphatic heterocycles. The van der Waals surface area contributed by atoms with Crippen LogP contribution in [0.5, 0.6) is 0 Å². The van der Waals surface area contributed by atoms with E-state index in [0.29, 0.717) is 13.2 Å². The molecular weight excluding hydrogens is 194 g/mol.